The molecule has 1 fully saturated rings. The van der Waals surface area contributed by atoms with Crippen molar-refractivity contribution >= 4 is 46.9 Å². The summed E-state index contributed by atoms with van der Waals surface area (Å²) >= 11 is 0. The summed E-state index contributed by atoms with van der Waals surface area (Å²) in [4.78, 5) is 77.2. The monoisotopic (exact) mass is 1170 g/mol. The number of nitrogens with one attached hydrogen (secondary N) is 3. The number of imide groups is 2. The normalized spacial score (nSPS) is 14.8. The van der Waals surface area contributed by atoms with Gasteiger partial charge in [0, 0.05) is 48.3 Å². The number of aryl methyl sites for hydroxylation is 1. The van der Waals surface area contributed by atoms with E-state index in [9.17, 15) is 48.5 Å². The minimum atomic E-state index is -1.25. The first kappa shape index (κ1) is 62.8. The first-order chi connectivity index (χ1) is 41.2. The number of carboxylic acid groups (broad SMARTS) is 1. The molecule has 1 unspecified atom stereocenters. The smallest absolute Gasteiger partial charge is 0.305 e. The Labute approximate surface area is 491 Å². The van der Waals surface area contributed by atoms with E-state index >= 15 is 0 Å². The van der Waals surface area contributed by atoms with Crippen LogP contribution in [0.1, 0.15) is 107 Å². The summed E-state index contributed by atoms with van der Waals surface area (Å²) in [6.07, 6.45) is 1.37. The number of fused-ring (bicyclic) bond motifs is 1. The number of aromatic nitrogens is 4. The lowest BCUT2D eigenvalue weighted by Crippen LogP contribution is -2.54. The average molecular weight is 1170 g/mol. The number of aliphatic carboxylic acids is 1. The number of rotatable bonds is 35. The predicted octanol–water partition coefficient (Wildman–Crippen LogP) is 6.89. The number of aliphatic hydroxyl groups excluding tert-OH is 2. The summed E-state index contributed by atoms with van der Waals surface area (Å²) in [5.74, 6) is -3.85. The molecule has 6 aromatic rings. The van der Waals surface area contributed by atoms with Crippen molar-refractivity contribution in [3.05, 3.63) is 137 Å². The van der Waals surface area contributed by atoms with Crippen molar-refractivity contribution in [1.29, 1.82) is 0 Å². The summed E-state index contributed by atoms with van der Waals surface area (Å²) in [6.45, 7) is 8.34. The second kappa shape index (κ2) is 31.1. The average Bonchev–Trinajstić information content (AvgIpc) is 2.56. The van der Waals surface area contributed by atoms with Crippen LogP contribution >= 0.6 is 0 Å². The van der Waals surface area contributed by atoms with Crippen LogP contribution in [0.25, 0.3) is 22.4 Å². The van der Waals surface area contributed by atoms with E-state index < -0.39 is 60.1 Å². The highest BCUT2D eigenvalue weighted by atomic mass is 19.1. The van der Waals surface area contributed by atoms with Crippen LogP contribution < -0.4 is 20.7 Å². The molecule has 23 heteroatoms. The fourth-order valence-corrected chi connectivity index (χ4v) is 10.3. The number of piperidine rings is 1. The molecule has 4 aromatic carbocycles. The Morgan fingerprint density at radius 3 is 2.18 bits per heavy atom. The van der Waals surface area contributed by atoms with Gasteiger partial charge in [-0.1, -0.05) is 55.5 Å². The number of aliphatic hydroxyl groups is 2. The van der Waals surface area contributed by atoms with Gasteiger partial charge in [-0.2, -0.15) is 0 Å². The summed E-state index contributed by atoms with van der Waals surface area (Å²) in [5, 5.41) is 47.5. The molecule has 6 N–H and O–H groups in total. The molecule has 5 amide bonds. The van der Waals surface area contributed by atoms with Crippen LogP contribution in [0, 0.1) is 5.82 Å². The fraction of sp³-hybridized carbons (Fsp3) is 0.419. The second-order valence-electron chi connectivity index (χ2n) is 20.9. The van der Waals surface area contributed by atoms with Crippen LogP contribution in [-0.2, 0) is 52.8 Å². The van der Waals surface area contributed by atoms with E-state index in [1.807, 2.05) is 67.1 Å². The zero-order valence-electron chi connectivity index (χ0n) is 47.7. The van der Waals surface area contributed by atoms with E-state index in [-0.39, 0.29) is 55.2 Å². The van der Waals surface area contributed by atoms with Crippen molar-refractivity contribution < 1.29 is 72.2 Å². The molecule has 1 saturated heterocycles. The highest BCUT2D eigenvalue weighted by Crippen LogP contribution is 2.44. The van der Waals surface area contributed by atoms with E-state index in [1.165, 1.54) is 12.1 Å². The molecule has 0 saturated carbocycles. The number of carbonyl (C=O) groups excluding carboxylic acids is 5. The van der Waals surface area contributed by atoms with Gasteiger partial charge < -0.3 is 54.2 Å². The van der Waals surface area contributed by atoms with Crippen LogP contribution in [0.4, 0.5) is 15.8 Å². The van der Waals surface area contributed by atoms with Crippen molar-refractivity contribution in [3.8, 4) is 28.1 Å². The number of carbonyl (C=O) groups is 6. The van der Waals surface area contributed by atoms with E-state index in [0.29, 0.717) is 136 Å². The Bertz CT molecular complexity index is 3240. The third-order valence-corrected chi connectivity index (χ3v) is 14.3. The number of nitrogens with zero attached hydrogens (tertiary/aromatic N) is 5. The topological polar surface area (TPSA) is 284 Å². The van der Waals surface area contributed by atoms with E-state index in [2.05, 4.69) is 26.3 Å². The molecule has 0 bridgehead atoms. The van der Waals surface area contributed by atoms with Gasteiger partial charge in [-0.05, 0) is 116 Å². The number of anilines is 2. The van der Waals surface area contributed by atoms with Gasteiger partial charge in [0.1, 0.15) is 17.6 Å². The molecule has 85 heavy (non-hydrogen) atoms. The zero-order valence-corrected chi connectivity index (χ0v) is 47.7. The van der Waals surface area contributed by atoms with E-state index in [1.54, 1.807) is 47.1 Å². The molecular weight excluding hydrogens is 1100 g/mol. The van der Waals surface area contributed by atoms with Gasteiger partial charge in [-0.3, -0.25) is 39.0 Å². The molecule has 8 rings (SSSR count). The predicted molar refractivity (Wildman–Crippen MR) is 311 cm³/mol. The molecule has 2 aliphatic heterocycles. The second-order valence-corrected chi connectivity index (χ2v) is 20.9. The third-order valence-electron chi connectivity index (χ3n) is 14.3. The number of carboxylic acids is 1. The van der Waals surface area contributed by atoms with Gasteiger partial charge in [-0.15, -0.1) is 5.10 Å². The number of ether oxygens (including phenoxy) is 5. The van der Waals surface area contributed by atoms with Crippen LogP contribution in [-0.4, -0.2) is 160 Å². The van der Waals surface area contributed by atoms with Crippen molar-refractivity contribution in [3.63, 3.8) is 0 Å². The fourth-order valence-electron chi connectivity index (χ4n) is 10.3. The van der Waals surface area contributed by atoms with E-state index in [4.69, 9.17) is 23.7 Å². The number of hydrogen-bond donors (Lipinski definition) is 6. The van der Waals surface area contributed by atoms with Crippen LogP contribution in [0.15, 0.2) is 103 Å². The standard InChI is InChI=1S/C62H73FN8O14/c1-40(2)57-56(60(78)65-44-11-4-3-5-12-44)54(58(41-17-19-43(63)20-18-41)70(57)25-23-46(72)37-47(73)38-53(75)76)42-10-8-14-48(36-42)85-27-7-6-13-45-39-69(68-67-45)26-29-82-31-33-84-35-34-83-32-30-81-28-24-64-50-16-9-15-49-55(50)62(80)71(61(49)79)51-21-22-52(74)66-59(51)77/h3-5,8-12,14-20,36,39-40,46-47,51,64,72-73H,6-7,13,21-35,37-38H2,1-2H3,(H,65,78)(H,75,76)(H,66,74,77)/t46-,47-,51?/m1/s1. The molecule has 452 valence electrons. The molecule has 0 radical (unpaired) electrons. The molecule has 0 spiro atoms. The first-order valence-corrected chi connectivity index (χ1v) is 28.6. The van der Waals surface area contributed by atoms with Gasteiger partial charge in [-0.25, -0.2) is 9.07 Å². The van der Waals surface area contributed by atoms with E-state index in [0.717, 1.165) is 17.0 Å². The summed E-state index contributed by atoms with van der Waals surface area (Å²) in [5.41, 5.74) is 5.85. The Hall–Kier alpha value is -8.19. The largest absolute Gasteiger partial charge is 0.494 e. The highest BCUT2D eigenvalue weighted by molar-refractivity contribution is 6.25. The lowest BCUT2D eigenvalue weighted by atomic mass is 9.94. The minimum Gasteiger partial charge on any atom is -0.494 e. The molecule has 0 aliphatic carbocycles. The zero-order chi connectivity index (χ0) is 60.2. The maximum absolute atomic E-state index is 14.7. The third kappa shape index (κ3) is 17.2. The SMILES string of the molecule is CC(C)c1c(C(=O)Nc2ccccc2)c(-c2cccc(OCCCCc3cn(CCOCCOCCOCCOCCNc4cccc5c4C(=O)N(C4CCC(=O)NC4=O)C5=O)nn3)c2)c(-c2ccc(F)cc2)n1CC[C@@H](O)C[C@@H](O)CC(=O)O. The molecular formula is C62H73FN8O14. The lowest BCUT2D eigenvalue weighted by molar-refractivity contribution is -0.140. The van der Waals surface area contributed by atoms with Crippen molar-refractivity contribution in [2.75, 3.05) is 76.6 Å². The Morgan fingerprint density at radius 1 is 0.765 bits per heavy atom. The van der Waals surface area contributed by atoms with Crippen molar-refractivity contribution in [2.24, 2.45) is 0 Å². The molecule has 2 aliphatic rings. The maximum Gasteiger partial charge on any atom is 0.305 e. The van der Waals surface area contributed by atoms with Crippen LogP contribution in [0.5, 0.6) is 5.75 Å². The van der Waals surface area contributed by atoms with Crippen LogP contribution in [0.2, 0.25) is 0 Å². The summed E-state index contributed by atoms with van der Waals surface area (Å²) < 4.78 is 47.1. The molecule has 3 atom stereocenters. The maximum atomic E-state index is 14.7. The van der Waals surface area contributed by atoms with Gasteiger partial charge >= 0.3 is 5.97 Å². The van der Waals surface area contributed by atoms with Crippen molar-refractivity contribution in [1.82, 2.24) is 29.8 Å². The Morgan fingerprint density at radius 2 is 1.47 bits per heavy atom. The Balaban J connectivity index is 0.740. The summed E-state index contributed by atoms with van der Waals surface area (Å²) in [6, 6.07) is 26.4. The first-order valence-electron chi connectivity index (χ1n) is 28.6. The minimum absolute atomic E-state index is 0.0456. The van der Waals surface area contributed by atoms with Gasteiger partial charge in [0.15, 0.2) is 0 Å². The number of amides is 5. The number of benzene rings is 4. The summed E-state index contributed by atoms with van der Waals surface area (Å²) in [7, 11) is 0. The van der Waals surface area contributed by atoms with Gasteiger partial charge in [0.2, 0.25) is 11.8 Å². The molecule has 4 heterocycles. The lowest BCUT2D eigenvalue weighted by Gasteiger charge is -2.27. The Kier molecular flexibility index (Phi) is 23.0. The molecule has 2 aromatic heterocycles. The number of unbranched alkanes of at least 4 members (excludes halogenated alkanes) is 1. The number of hydrogen-bond acceptors (Lipinski definition) is 16. The number of halogens is 1. The van der Waals surface area contributed by atoms with Gasteiger partial charge in [0.25, 0.3) is 17.7 Å². The quantitative estimate of drug-likeness (QED) is 0.0175. The number of para-hydroxylation sites is 1. The highest BCUT2D eigenvalue weighted by Gasteiger charge is 2.45. The molecule has 22 nitrogen and oxygen atoms in total. The van der Waals surface area contributed by atoms with Crippen LogP contribution in [0.3, 0.4) is 0 Å². The van der Waals surface area contributed by atoms with Crippen molar-refractivity contribution in [2.45, 2.75) is 102 Å². The van der Waals surface area contributed by atoms with Gasteiger partial charge in [0.05, 0.1) is 113 Å².